The third-order valence-corrected chi connectivity index (χ3v) is 12.0. The summed E-state index contributed by atoms with van der Waals surface area (Å²) in [5.41, 5.74) is 4.50. The number of thiazole rings is 1. The van der Waals surface area contributed by atoms with Gasteiger partial charge in [0.2, 0.25) is 5.91 Å². The SMILES string of the molecule is CO/N=C(\C(=O)NC(C(=O)N[C@@H]1C(=O)N2C3=C(COC3=O)CS[C@H]12)C1NC(C(=O)O)=C(CSc2nc(=O)c(=O)[nH]n2C)CS1)c1csc(N)n1. The number of rotatable bonds is 11. The molecule has 0 spiro atoms. The lowest BCUT2D eigenvalue weighted by atomic mass is 10.0. The molecule has 6 rings (SSSR count). The number of H-pyrrole nitrogens is 1. The van der Waals surface area contributed by atoms with Crippen LogP contribution >= 0.6 is 46.6 Å². The minimum Gasteiger partial charge on any atom is -0.477 e. The fourth-order valence-electron chi connectivity index (χ4n) is 5.22. The molecule has 3 amide bonds. The molecule has 0 aliphatic carbocycles. The Labute approximate surface area is 296 Å². The largest absolute Gasteiger partial charge is 0.477 e. The molecular formula is C26H26N10O10S4. The molecule has 4 atom stereocenters. The Balaban J connectivity index is 1.25. The highest BCUT2D eigenvalue weighted by molar-refractivity contribution is 8.01. The molecule has 2 unspecified atom stereocenters. The van der Waals surface area contributed by atoms with Gasteiger partial charge in [-0.15, -0.1) is 34.9 Å². The van der Waals surface area contributed by atoms with Gasteiger partial charge in [0, 0.05) is 35.3 Å². The van der Waals surface area contributed by atoms with Gasteiger partial charge in [0.1, 0.15) is 53.6 Å². The van der Waals surface area contributed by atoms with E-state index in [0.717, 1.165) is 34.9 Å². The van der Waals surface area contributed by atoms with Crippen LogP contribution in [0.15, 0.2) is 47.8 Å². The first-order valence-corrected chi connectivity index (χ1v) is 18.2. The van der Waals surface area contributed by atoms with Crippen molar-refractivity contribution in [1.82, 2.24) is 40.6 Å². The van der Waals surface area contributed by atoms with Crippen molar-refractivity contribution in [2.45, 2.75) is 28.0 Å². The highest BCUT2D eigenvalue weighted by Crippen LogP contribution is 2.42. The second kappa shape index (κ2) is 14.2. The number of aryl methyl sites for hydroxylation is 1. The van der Waals surface area contributed by atoms with Gasteiger partial charge in [-0.3, -0.25) is 38.7 Å². The van der Waals surface area contributed by atoms with E-state index in [1.807, 2.05) is 0 Å². The molecule has 0 bridgehead atoms. The molecule has 7 N–H and O–H groups in total. The number of cyclic esters (lactones) is 1. The maximum Gasteiger partial charge on any atom is 0.355 e. The summed E-state index contributed by atoms with van der Waals surface area (Å²) < 4.78 is 6.30. The predicted molar refractivity (Wildman–Crippen MR) is 180 cm³/mol. The Bertz CT molecular complexity index is 2020. The zero-order chi connectivity index (χ0) is 35.9. The number of carbonyl (C=O) groups excluding carboxylic acids is 4. The number of nitrogens with one attached hydrogen (secondary N) is 4. The van der Waals surface area contributed by atoms with E-state index < -0.39 is 63.6 Å². The van der Waals surface area contributed by atoms with Crippen molar-refractivity contribution in [2.75, 3.05) is 36.7 Å². The molecular weight excluding hydrogens is 741 g/mol. The topological polar surface area (TPSA) is 282 Å². The van der Waals surface area contributed by atoms with E-state index in [4.69, 9.17) is 15.3 Å². The number of hydrogen-bond acceptors (Lipinski definition) is 18. The first-order valence-electron chi connectivity index (χ1n) is 14.3. The van der Waals surface area contributed by atoms with Crippen LogP contribution in [-0.4, -0.2) is 119 Å². The van der Waals surface area contributed by atoms with E-state index >= 15 is 0 Å². The molecule has 24 heteroatoms. The molecule has 0 aromatic carbocycles. The minimum absolute atomic E-state index is 0.0331. The van der Waals surface area contributed by atoms with Gasteiger partial charge in [0.05, 0.1) is 0 Å². The number of hydrogen-bond donors (Lipinski definition) is 6. The minimum atomic E-state index is -1.50. The number of carboxylic acids is 1. The second-order valence-corrected chi connectivity index (χ2v) is 14.8. The van der Waals surface area contributed by atoms with E-state index in [1.54, 1.807) is 0 Å². The van der Waals surface area contributed by atoms with Gasteiger partial charge in [-0.25, -0.2) is 14.6 Å². The molecule has 0 radical (unpaired) electrons. The summed E-state index contributed by atoms with van der Waals surface area (Å²) in [5, 5.41) is 24.3. The standard InChI is InChI=1S/C26H26N10O10S4/c1-35-26(32-18(39)19(40)33-35)50-6-9-5-47-20(31-11(9)23(42)43)13(29-16(37)12(34-45-2)10-7-49-25(27)28-10)17(38)30-14-21(41)36-15-8(3-46-24(15)44)4-48-22(14)36/h7,13-14,20,22,31H,3-6H2,1-2H3,(H2,27,28)(H,29,37)(H,30,38)(H,33,40)(H,42,43)/b34-12-/t13?,14-,20?,22-/m1/s1. The number of thioether (sulfide) groups is 3. The van der Waals surface area contributed by atoms with E-state index in [0.29, 0.717) is 16.9 Å². The summed E-state index contributed by atoms with van der Waals surface area (Å²) in [6, 6.07) is -2.57. The molecule has 1 fully saturated rings. The third kappa shape index (κ3) is 6.69. The Morgan fingerprint density at radius 2 is 2.02 bits per heavy atom. The average molecular weight is 767 g/mol. The zero-order valence-corrected chi connectivity index (χ0v) is 29.0. The number of anilines is 1. The Morgan fingerprint density at radius 3 is 2.72 bits per heavy atom. The number of aromatic amines is 1. The van der Waals surface area contributed by atoms with Crippen molar-refractivity contribution < 1.29 is 38.7 Å². The van der Waals surface area contributed by atoms with E-state index in [1.165, 1.54) is 40.9 Å². The summed E-state index contributed by atoms with van der Waals surface area (Å²) in [4.78, 5) is 103. The number of amides is 3. The molecule has 2 aromatic rings. The molecule has 0 saturated carbocycles. The smallest absolute Gasteiger partial charge is 0.355 e. The van der Waals surface area contributed by atoms with Crippen LogP contribution in [0.1, 0.15) is 5.69 Å². The molecule has 4 aliphatic rings. The summed E-state index contributed by atoms with van der Waals surface area (Å²) in [5.74, 6) is -3.79. The summed E-state index contributed by atoms with van der Waals surface area (Å²) in [6.07, 6.45) is 0. The fourth-order valence-corrected chi connectivity index (χ4v) is 9.38. The first kappa shape index (κ1) is 35.0. The van der Waals surface area contributed by atoms with Gasteiger partial charge in [-0.2, -0.15) is 4.98 Å². The first-order chi connectivity index (χ1) is 23.9. The zero-order valence-electron chi connectivity index (χ0n) is 25.8. The van der Waals surface area contributed by atoms with Crippen molar-refractivity contribution in [3.63, 3.8) is 0 Å². The molecule has 2 aromatic heterocycles. The lowest BCUT2D eigenvalue weighted by molar-refractivity contribution is -0.151. The van der Waals surface area contributed by atoms with Crippen molar-refractivity contribution in [3.05, 3.63) is 54.3 Å². The van der Waals surface area contributed by atoms with Gasteiger partial charge >= 0.3 is 23.1 Å². The van der Waals surface area contributed by atoms with Crippen LogP contribution in [0.3, 0.4) is 0 Å². The van der Waals surface area contributed by atoms with E-state index in [-0.39, 0.29) is 51.2 Å². The Kier molecular flexibility index (Phi) is 9.95. The molecule has 6 heterocycles. The quantitative estimate of drug-likeness (QED) is 0.0340. The number of ether oxygens (including phenoxy) is 1. The highest BCUT2D eigenvalue weighted by Gasteiger charge is 2.56. The van der Waals surface area contributed by atoms with E-state index in [2.05, 4.69) is 36.2 Å². The second-order valence-electron chi connectivity index (χ2n) is 10.7. The Hall–Kier alpha value is -4.81. The maximum atomic E-state index is 14.0. The van der Waals surface area contributed by atoms with Gasteiger partial charge in [0.15, 0.2) is 16.0 Å². The van der Waals surface area contributed by atoms with Crippen LogP contribution in [0.2, 0.25) is 0 Å². The monoisotopic (exact) mass is 766 g/mol. The maximum absolute atomic E-state index is 14.0. The molecule has 1 saturated heterocycles. The lowest BCUT2D eigenvalue weighted by Gasteiger charge is -2.48. The predicted octanol–water partition coefficient (Wildman–Crippen LogP) is -2.65. The van der Waals surface area contributed by atoms with Crippen molar-refractivity contribution in [3.8, 4) is 0 Å². The summed E-state index contributed by atoms with van der Waals surface area (Å²) in [6.45, 7) is 0.0861. The number of β-lactam (4-membered cyclic amide) rings is 1. The number of esters is 1. The van der Waals surface area contributed by atoms with Crippen molar-refractivity contribution >= 4 is 87.1 Å². The normalized spacial score (nSPS) is 22.2. The van der Waals surface area contributed by atoms with Gasteiger partial charge < -0.3 is 36.4 Å². The molecule has 264 valence electrons. The molecule has 20 nitrogen and oxygen atoms in total. The van der Waals surface area contributed by atoms with Crippen LogP contribution in [-0.2, 0) is 40.6 Å². The van der Waals surface area contributed by atoms with Crippen LogP contribution in [0.4, 0.5) is 5.13 Å². The van der Waals surface area contributed by atoms with Crippen LogP contribution in [0.5, 0.6) is 0 Å². The van der Waals surface area contributed by atoms with Crippen LogP contribution < -0.4 is 32.8 Å². The average Bonchev–Trinajstić information content (AvgIpc) is 3.69. The van der Waals surface area contributed by atoms with E-state index in [9.17, 15) is 38.7 Å². The molecule has 50 heavy (non-hydrogen) atoms. The summed E-state index contributed by atoms with van der Waals surface area (Å²) in [7, 11) is 2.67. The summed E-state index contributed by atoms with van der Waals surface area (Å²) >= 11 is 4.46. The van der Waals surface area contributed by atoms with Crippen molar-refractivity contribution in [1.29, 1.82) is 0 Å². The van der Waals surface area contributed by atoms with Crippen LogP contribution in [0.25, 0.3) is 0 Å². The van der Waals surface area contributed by atoms with Gasteiger partial charge in [0.25, 0.3) is 11.8 Å². The number of fused-ring (bicyclic) bond motifs is 2. The number of carboxylic acid groups (broad SMARTS) is 1. The lowest BCUT2D eigenvalue weighted by Crippen LogP contribution is -2.72. The molecule has 4 aliphatic heterocycles. The number of aromatic nitrogens is 4. The van der Waals surface area contributed by atoms with Gasteiger partial charge in [-0.05, 0) is 5.57 Å². The third-order valence-electron chi connectivity index (χ3n) is 7.56. The van der Waals surface area contributed by atoms with Gasteiger partial charge in [-0.1, -0.05) is 16.9 Å². The van der Waals surface area contributed by atoms with Crippen molar-refractivity contribution in [2.24, 2.45) is 12.2 Å². The number of carbonyl (C=O) groups is 5. The highest BCUT2D eigenvalue weighted by atomic mass is 32.2. The fraction of sp³-hybridized carbons (Fsp3) is 0.385. The number of aliphatic carboxylic acids is 1. The number of oxime groups is 1. The Morgan fingerprint density at radius 1 is 1.24 bits per heavy atom. The number of nitrogens with zero attached hydrogens (tertiary/aromatic N) is 5. The number of nitrogens with two attached hydrogens (primary N) is 1. The van der Waals surface area contributed by atoms with Crippen LogP contribution in [0, 0.1) is 0 Å². The number of nitrogen functional groups attached to an aromatic ring is 1.